The van der Waals surface area contributed by atoms with E-state index in [2.05, 4.69) is 6.92 Å². The summed E-state index contributed by atoms with van der Waals surface area (Å²) in [5.74, 6) is 0. The molecule has 1 unspecified atom stereocenters. The first-order chi connectivity index (χ1) is 13.6. The normalized spacial score (nSPS) is 13.2. The molecule has 1 N–H and O–H groups in total. The number of ether oxygens (including phenoxy) is 1. The molecule has 29 heavy (non-hydrogen) atoms. The van der Waals surface area contributed by atoms with Crippen molar-refractivity contribution in [1.82, 2.24) is 0 Å². The van der Waals surface area contributed by atoms with Gasteiger partial charge < -0.3 is 9.63 Å². The van der Waals surface area contributed by atoms with Crippen LogP contribution in [0.1, 0.15) is 117 Å². The molecular weight excluding hydrogens is 402 g/mol. The van der Waals surface area contributed by atoms with Crippen molar-refractivity contribution in [3.8, 4) is 0 Å². The second kappa shape index (κ2) is 24.9. The standard InChI is InChI=1S/C22H47O5P.Al.3H/c1-3-5-6-7-8-9-10-11-12-13-14-15-16-17-18-19-20-26-28(23,24)27-22-21-25-4-2;;;;/h3-22H2,1-2H3,(H,23,24);;;;. The Bertz CT molecular complexity index is 358. The summed E-state index contributed by atoms with van der Waals surface area (Å²) in [6.45, 7) is 5.38. The molecule has 5 nitrogen and oxygen atoms in total. The molecule has 1 atom stereocenters. The fraction of sp³-hybridized carbons (Fsp3) is 1.00. The second-order valence-electron chi connectivity index (χ2n) is 7.64. The van der Waals surface area contributed by atoms with E-state index >= 15 is 0 Å². The first-order valence-electron chi connectivity index (χ1n) is 11.8. The molecule has 0 spiro atoms. The quantitative estimate of drug-likeness (QED) is 0.113. The fourth-order valence-electron chi connectivity index (χ4n) is 3.22. The van der Waals surface area contributed by atoms with Crippen LogP contribution >= 0.6 is 7.82 Å². The molecule has 0 saturated heterocycles. The van der Waals surface area contributed by atoms with Crippen LogP contribution < -0.4 is 0 Å². The molecule has 0 aliphatic rings. The maximum absolute atomic E-state index is 11.6. The summed E-state index contributed by atoms with van der Waals surface area (Å²) >= 11 is 0. The average Bonchev–Trinajstić information content (AvgIpc) is 2.67. The van der Waals surface area contributed by atoms with Crippen LogP contribution in [-0.2, 0) is 18.3 Å². The van der Waals surface area contributed by atoms with E-state index in [1.807, 2.05) is 6.92 Å². The predicted octanol–water partition coefficient (Wildman–Crippen LogP) is 6.23. The van der Waals surface area contributed by atoms with Crippen LogP contribution in [0.15, 0.2) is 0 Å². The molecule has 0 aromatic carbocycles. The molecule has 0 aliphatic carbocycles. The van der Waals surface area contributed by atoms with Crippen LogP contribution in [-0.4, -0.2) is 48.7 Å². The lowest BCUT2D eigenvalue weighted by Crippen LogP contribution is -2.04. The summed E-state index contributed by atoms with van der Waals surface area (Å²) in [6.07, 6.45) is 20.9. The second-order valence-corrected chi connectivity index (χ2v) is 9.09. The van der Waals surface area contributed by atoms with Crippen molar-refractivity contribution in [2.24, 2.45) is 0 Å². The van der Waals surface area contributed by atoms with E-state index in [-0.39, 0.29) is 30.6 Å². The summed E-state index contributed by atoms with van der Waals surface area (Å²) in [5.41, 5.74) is 0. The van der Waals surface area contributed by atoms with Gasteiger partial charge in [-0.15, -0.1) is 0 Å². The summed E-state index contributed by atoms with van der Waals surface area (Å²) in [6, 6.07) is 0. The van der Waals surface area contributed by atoms with Gasteiger partial charge in [-0.1, -0.05) is 103 Å². The number of hydrogen-bond donors (Lipinski definition) is 1. The van der Waals surface area contributed by atoms with Gasteiger partial charge >= 0.3 is 7.82 Å². The zero-order chi connectivity index (χ0) is 20.8. The number of hydrogen-bond acceptors (Lipinski definition) is 4. The number of unbranched alkanes of at least 4 members (excludes halogenated alkanes) is 15. The number of phosphoric acid groups is 1. The highest BCUT2D eigenvalue weighted by Gasteiger charge is 2.19. The van der Waals surface area contributed by atoms with Crippen molar-refractivity contribution in [1.29, 1.82) is 0 Å². The molecule has 176 valence electrons. The lowest BCUT2D eigenvalue weighted by atomic mass is 10.0. The Morgan fingerprint density at radius 3 is 1.38 bits per heavy atom. The highest BCUT2D eigenvalue weighted by molar-refractivity contribution is 7.47. The first kappa shape index (κ1) is 31.8. The third kappa shape index (κ3) is 26.6. The van der Waals surface area contributed by atoms with E-state index in [1.165, 1.54) is 89.9 Å². The van der Waals surface area contributed by atoms with Crippen molar-refractivity contribution in [3.63, 3.8) is 0 Å². The Hall–Kier alpha value is 0.602. The maximum atomic E-state index is 11.6. The molecule has 0 radical (unpaired) electrons. The van der Waals surface area contributed by atoms with Gasteiger partial charge in [0.15, 0.2) is 17.4 Å². The van der Waals surface area contributed by atoms with E-state index in [9.17, 15) is 9.46 Å². The third-order valence-corrected chi connectivity index (χ3v) is 5.96. The number of rotatable bonds is 23. The third-order valence-electron chi connectivity index (χ3n) is 4.94. The SMILES string of the molecule is CCCCCCCCCCCCCCCCCCOP(=O)(O)OCCOCC.[AlH3]. The minimum atomic E-state index is -3.90. The smallest absolute Gasteiger partial charge is 0.379 e. The molecule has 0 aliphatic heterocycles. The van der Waals surface area contributed by atoms with Gasteiger partial charge in [0.1, 0.15) is 0 Å². The fourth-order valence-corrected chi connectivity index (χ4v) is 3.96. The predicted molar refractivity (Wildman–Crippen MR) is 128 cm³/mol. The molecule has 0 bridgehead atoms. The van der Waals surface area contributed by atoms with E-state index in [1.54, 1.807) is 0 Å². The summed E-state index contributed by atoms with van der Waals surface area (Å²) < 4.78 is 26.4. The van der Waals surface area contributed by atoms with Crippen LogP contribution in [0.5, 0.6) is 0 Å². The van der Waals surface area contributed by atoms with Crippen molar-refractivity contribution in [2.45, 2.75) is 117 Å². The van der Waals surface area contributed by atoms with Gasteiger partial charge in [0.05, 0.1) is 19.8 Å². The van der Waals surface area contributed by atoms with Gasteiger partial charge in [-0.05, 0) is 13.3 Å². The Kier molecular flexibility index (Phi) is 27.3. The molecule has 0 fully saturated rings. The molecule has 0 heterocycles. The van der Waals surface area contributed by atoms with E-state index in [0.29, 0.717) is 13.2 Å². The summed E-state index contributed by atoms with van der Waals surface area (Å²) in [5, 5.41) is 0. The van der Waals surface area contributed by atoms with Gasteiger partial charge in [0.25, 0.3) is 0 Å². The molecule has 0 rings (SSSR count). The Morgan fingerprint density at radius 1 is 0.586 bits per heavy atom. The van der Waals surface area contributed by atoms with Crippen molar-refractivity contribution < 1.29 is 23.2 Å². The molecule has 7 heteroatoms. The van der Waals surface area contributed by atoms with Gasteiger partial charge in [0, 0.05) is 6.61 Å². The minimum absolute atomic E-state index is 0. The first-order valence-corrected chi connectivity index (χ1v) is 13.3. The van der Waals surface area contributed by atoms with E-state index in [4.69, 9.17) is 13.8 Å². The van der Waals surface area contributed by atoms with Crippen LogP contribution in [0.3, 0.4) is 0 Å². The minimum Gasteiger partial charge on any atom is -0.379 e. The summed E-state index contributed by atoms with van der Waals surface area (Å²) in [7, 11) is -3.90. The molecular formula is C22H50AlO5P. The lowest BCUT2D eigenvalue weighted by molar-refractivity contribution is 0.0823. The molecule has 0 aromatic rings. The zero-order valence-corrected chi connectivity index (χ0v) is 19.6. The lowest BCUT2D eigenvalue weighted by Gasteiger charge is -2.12. The average molecular weight is 453 g/mol. The van der Waals surface area contributed by atoms with Crippen LogP contribution in [0.4, 0.5) is 0 Å². The van der Waals surface area contributed by atoms with Crippen LogP contribution in [0.25, 0.3) is 0 Å². The maximum Gasteiger partial charge on any atom is 0.472 e. The van der Waals surface area contributed by atoms with E-state index in [0.717, 1.165) is 12.8 Å². The molecule has 0 amide bonds. The molecule has 0 saturated carbocycles. The summed E-state index contributed by atoms with van der Waals surface area (Å²) in [4.78, 5) is 9.49. The van der Waals surface area contributed by atoms with Crippen LogP contribution in [0, 0.1) is 0 Å². The van der Waals surface area contributed by atoms with Crippen LogP contribution in [0.2, 0.25) is 0 Å². The van der Waals surface area contributed by atoms with Crippen molar-refractivity contribution in [3.05, 3.63) is 0 Å². The van der Waals surface area contributed by atoms with E-state index < -0.39 is 7.82 Å². The topological polar surface area (TPSA) is 65.0 Å². The highest BCUT2D eigenvalue weighted by atomic mass is 31.2. The largest absolute Gasteiger partial charge is 0.472 e. The Morgan fingerprint density at radius 2 is 0.966 bits per heavy atom. The van der Waals surface area contributed by atoms with Gasteiger partial charge in [-0.3, -0.25) is 9.05 Å². The van der Waals surface area contributed by atoms with Crippen molar-refractivity contribution in [2.75, 3.05) is 26.4 Å². The Labute approximate surface area is 191 Å². The highest BCUT2D eigenvalue weighted by Crippen LogP contribution is 2.43. The number of phosphoric ester groups is 1. The van der Waals surface area contributed by atoms with Gasteiger partial charge in [0.2, 0.25) is 0 Å². The van der Waals surface area contributed by atoms with Crippen molar-refractivity contribution >= 4 is 25.2 Å². The van der Waals surface area contributed by atoms with Gasteiger partial charge in [-0.25, -0.2) is 4.57 Å². The molecule has 0 aromatic heterocycles. The monoisotopic (exact) mass is 452 g/mol. The Balaban J connectivity index is 0. The van der Waals surface area contributed by atoms with Gasteiger partial charge in [-0.2, -0.15) is 0 Å². The zero-order valence-electron chi connectivity index (χ0n) is 18.7.